The van der Waals surface area contributed by atoms with E-state index in [2.05, 4.69) is 24.5 Å². The Morgan fingerprint density at radius 2 is 2.18 bits per heavy atom. The van der Waals surface area contributed by atoms with Crippen LogP contribution in [0.2, 0.25) is 0 Å². The third kappa shape index (κ3) is 2.21. The summed E-state index contributed by atoms with van der Waals surface area (Å²) in [6.07, 6.45) is 1.40. The van der Waals surface area contributed by atoms with E-state index < -0.39 is 0 Å². The minimum Gasteiger partial charge on any atom is -0.378 e. The summed E-state index contributed by atoms with van der Waals surface area (Å²) in [5, 5.41) is 5.57. The summed E-state index contributed by atoms with van der Waals surface area (Å²) in [7, 11) is 0. The van der Waals surface area contributed by atoms with Gasteiger partial charge < -0.3 is 10.1 Å². The van der Waals surface area contributed by atoms with Gasteiger partial charge in [-0.2, -0.15) is 0 Å². The largest absolute Gasteiger partial charge is 0.378 e. The van der Waals surface area contributed by atoms with E-state index in [9.17, 15) is 9.59 Å². The van der Waals surface area contributed by atoms with E-state index in [1.807, 2.05) is 6.92 Å². The van der Waals surface area contributed by atoms with Gasteiger partial charge in [0.25, 0.3) is 0 Å². The van der Waals surface area contributed by atoms with E-state index in [1.54, 1.807) is 0 Å². The second kappa shape index (κ2) is 4.38. The molecule has 2 amide bonds. The zero-order valence-corrected chi connectivity index (χ0v) is 10.6. The minimum absolute atomic E-state index is 0.0158. The topological polar surface area (TPSA) is 67.4 Å². The van der Waals surface area contributed by atoms with Gasteiger partial charge in [-0.05, 0) is 13.3 Å². The maximum atomic E-state index is 11.5. The van der Waals surface area contributed by atoms with E-state index in [0.717, 1.165) is 6.42 Å². The number of hydrogen-bond donors (Lipinski definition) is 2. The Morgan fingerprint density at radius 3 is 2.65 bits per heavy atom. The molecule has 0 aromatic carbocycles. The number of hydrogen-bond acceptors (Lipinski definition) is 4. The first-order chi connectivity index (χ1) is 7.95. The van der Waals surface area contributed by atoms with Crippen molar-refractivity contribution in [2.24, 2.45) is 5.41 Å². The number of imide groups is 1. The van der Waals surface area contributed by atoms with Gasteiger partial charge in [0.1, 0.15) is 0 Å². The molecule has 1 saturated carbocycles. The zero-order valence-electron chi connectivity index (χ0n) is 10.6. The summed E-state index contributed by atoms with van der Waals surface area (Å²) < 4.78 is 5.63. The predicted octanol–water partition coefficient (Wildman–Crippen LogP) is 0.195. The van der Waals surface area contributed by atoms with Gasteiger partial charge in [0.2, 0.25) is 11.8 Å². The quantitative estimate of drug-likeness (QED) is 0.689. The highest BCUT2D eigenvalue weighted by atomic mass is 16.5. The third-order valence-corrected chi connectivity index (χ3v) is 3.92. The van der Waals surface area contributed by atoms with Crippen molar-refractivity contribution in [3.63, 3.8) is 0 Å². The molecule has 1 saturated heterocycles. The average Bonchev–Trinajstić information content (AvgIpc) is 2.56. The fourth-order valence-corrected chi connectivity index (χ4v) is 2.58. The number of carbonyl (C=O) groups excluding carboxylic acids is 2. The van der Waals surface area contributed by atoms with Crippen LogP contribution in [0.5, 0.6) is 0 Å². The van der Waals surface area contributed by atoms with Crippen molar-refractivity contribution in [2.75, 3.05) is 6.61 Å². The van der Waals surface area contributed by atoms with Gasteiger partial charge in [0.05, 0.1) is 18.6 Å². The van der Waals surface area contributed by atoms with Crippen molar-refractivity contribution >= 4 is 11.8 Å². The lowest BCUT2D eigenvalue weighted by Gasteiger charge is -2.52. The molecule has 5 nitrogen and oxygen atoms in total. The monoisotopic (exact) mass is 240 g/mol. The van der Waals surface area contributed by atoms with Crippen molar-refractivity contribution in [1.82, 2.24) is 10.6 Å². The highest BCUT2D eigenvalue weighted by Crippen LogP contribution is 2.43. The Kier molecular flexibility index (Phi) is 3.23. The van der Waals surface area contributed by atoms with E-state index >= 15 is 0 Å². The van der Waals surface area contributed by atoms with Crippen molar-refractivity contribution in [3.8, 4) is 0 Å². The number of amides is 2. The van der Waals surface area contributed by atoms with Crippen molar-refractivity contribution in [2.45, 2.75) is 51.8 Å². The van der Waals surface area contributed by atoms with Crippen LogP contribution in [0, 0.1) is 5.41 Å². The summed E-state index contributed by atoms with van der Waals surface area (Å²) in [6.45, 7) is 6.95. The standard InChI is InChI=1S/C12H20N2O3/c1-4-17-9-6-8(12(9,2)3)13-7-5-10(15)14-11(7)16/h7-9,13H,4-6H2,1-3H3,(H,14,15,16). The second-order valence-corrected chi connectivity index (χ2v) is 5.39. The summed E-state index contributed by atoms with van der Waals surface area (Å²) in [5.74, 6) is -0.392. The van der Waals surface area contributed by atoms with Crippen LogP contribution in [0.4, 0.5) is 0 Å². The first kappa shape index (κ1) is 12.5. The molecule has 0 bridgehead atoms. The zero-order chi connectivity index (χ0) is 12.6. The second-order valence-electron chi connectivity index (χ2n) is 5.39. The van der Waals surface area contributed by atoms with Gasteiger partial charge in [-0.1, -0.05) is 13.8 Å². The number of ether oxygens (including phenoxy) is 1. The van der Waals surface area contributed by atoms with Crippen molar-refractivity contribution in [3.05, 3.63) is 0 Å². The normalized spacial score (nSPS) is 35.6. The fourth-order valence-electron chi connectivity index (χ4n) is 2.58. The van der Waals surface area contributed by atoms with Crippen LogP contribution in [0.15, 0.2) is 0 Å². The molecule has 2 aliphatic rings. The van der Waals surface area contributed by atoms with Crippen LogP contribution in [0.1, 0.15) is 33.6 Å². The van der Waals surface area contributed by atoms with Crippen LogP contribution in [0.25, 0.3) is 0 Å². The molecule has 1 heterocycles. The molecule has 2 N–H and O–H groups in total. The van der Waals surface area contributed by atoms with Gasteiger partial charge in [-0.3, -0.25) is 14.9 Å². The molecule has 0 spiro atoms. The molecule has 3 atom stereocenters. The Labute approximate surface area is 101 Å². The first-order valence-corrected chi connectivity index (χ1v) is 6.16. The molecule has 0 aromatic heterocycles. The first-order valence-electron chi connectivity index (χ1n) is 6.16. The summed E-state index contributed by atoms with van der Waals surface area (Å²) in [4.78, 5) is 22.5. The molecule has 2 rings (SSSR count). The van der Waals surface area contributed by atoms with Gasteiger partial charge in [-0.15, -0.1) is 0 Å². The SMILES string of the molecule is CCOC1CC(NC2CC(=O)NC2=O)C1(C)C. The third-order valence-electron chi connectivity index (χ3n) is 3.92. The number of carbonyl (C=O) groups is 2. The van der Waals surface area contributed by atoms with Crippen molar-refractivity contribution in [1.29, 1.82) is 0 Å². The van der Waals surface area contributed by atoms with E-state index in [0.29, 0.717) is 6.61 Å². The van der Waals surface area contributed by atoms with E-state index in [-0.39, 0.29) is 41.8 Å². The summed E-state index contributed by atoms with van der Waals surface area (Å²) in [5.41, 5.74) is 0.0158. The number of rotatable bonds is 4. The van der Waals surface area contributed by atoms with Gasteiger partial charge >= 0.3 is 0 Å². The average molecular weight is 240 g/mol. The molecule has 5 heteroatoms. The maximum Gasteiger partial charge on any atom is 0.244 e. The Bertz CT molecular complexity index is 341. The molecule has 0 aromatic rings. The molecular weight excluding hydrogens is 220 g/mol. The highest BCUT2D eigenvalue weighted by Gasteiger charge is 2.50. The lowest BCUT2D eigenvalue weighted by Crippen LogP contribution is -2.63. The van der Waals surface area contributed by atoms with Crippen LogP contribution in [-0.2, 0) is 14.3 Å². The minimum atomic E-state index is -0.366. The number of nitrogens with one attached hydrogen (secondary N) is 2. The highest BCUT2D eigenvalue weighted by molar-refractivity contribution is 6.05. The molecule has 3 unspecified atom stereocenters. The fraction of sp³-hybridized carbons (Fsp3) is 0.833. The van der Waals surface area contributed by atoms with Gasteiger partial charge in [0, 0.05) is 18.1 Å². The molecule has 96 valence electrons. The van der Waals surface area contributed by atoms with Crippen LogP contribution in [-0.4, -0.2) is 36.6 Å². The van der Waals surface area contributed by atoms with Gasteiger partial charge in [-0.25, -0.2) is 0 Å². The smallest absolute Gasteiger partial charge is 0.244 e. The molecule has 1 aliphatic carbocycles. The Morgan fingerprint density at radius 1 is 1.47 bits per heavy atom. The molecule has 0 radical (unpaired) electrons. The summed E-state index contributed by atoms with van der Waals surface area (Å²) >= 11 is 0. The maximum absolute atomic E-state index is 11.5. The Balaban J connectivity index is 1.89. The van der Waals surface area contributed by atoms with Gasteiger partial charge in [0.15, 0.2) is 0 Å². The lowest BCUT2D eigenvalue weighted by molar-refractivity contribution is -0.129. The summed E-state index contributed by atoms with van der Waals surface area (Å²) in [6, 6.07) is -0.130. The van der Waals surface area contributed by atoms with Crippen LogP contribution >= 0.6 is 0 Å². The van der Waals surface area contributed by atoms with Crippen LogP contribution < -0.4 is 10.6 Å². The van der Waals surface area contributed by atoms with E-state index in [4.69, 9.17) is 4.74 Å². The van der Waals surface area contributed by atoms with E-state index in [1.165, 1.54) is 0 Å². The molecule has 1 aliphatic heterocycles. The van der Waals surface area contributed by atoms with Crippen LogP contribution in [0.3, 0.4) is 0 Å². The predicted molar refractivity (Wildman–Crippen MR) is 62.3 cm³/mol. The molecular formula is C12H20N2O3. The lowest BCUT2D eigenvalue weighted by atomic mass is 9.64. The molecule has 17 heavy (non-hydrogen) atoms. The Hall–Kier alpha value is -0.940. The van der Waals surface area contributed by atoms with Crippen molar-refractivity contribution < 1.29 is 14.3 Å². The molecule has 2 fully saturated rings.